The van der Waals surface area contributed by atoms with Crippen LogP contribution in [0.25, 0.3) is 22.2 Å². The number of aryl methyl sites for hydroxylation is 2. The summed E-state index contributed by atoms with van der Waals surface area (Å²) >= 11 is 6.52. The molecule has 1 N–H and O–H groups in total. The van der Waals surface area contributed by atoms with Crippen LogP contribution in [-0.4, -0.2) is 9.97 Å². The lowest BCUT2D eigenvalue weighted by atomic mass is 9.85. The molecule has 0 amide bonds. The first-order valence-corrected chi connectivity index (χ1v) is 8.35. The lowest BCUT2D eigenvalue weighted by Crippen LogP contribution is -2.12. The maximum atomic E-state index is 12.5. The lowest BCUT2D eigenvalue weighted by Gasteiger charge is -2.22. The van der Waals surface area contributed by atoms with E-state index in [0.717, 1.165) is 38.5 Å². The second-order valence-electron chi connectivity index (χ2n) is 7.32. The first-order chi connectivity index (χ1) is 11.2. The number of hydrogen-bond donors (Lipinski definition) is 1. The minimum atomic E-state index is -0.0367. The molecular formula is C20H21ClN2O. The quantitative estimate of drug-likeness (QED) is 0.665. The van der Waals surface area contributed by atoms with Crippen molar-refractivity contribution in [2.45, 2.75) is 40.0 Å². The SMILES string of the molecule is Cc1cc(C(C)(C)C)c(Cl)cc1-c1cc(=O)c2cncc(C)c2[nH]1. The Morgan fingerprint density at radius 1 is 1.04 bits per heavy atom. The number of hydrogen-bond acceptors (Lipinski definition) is 2. The summed E-state index contributed by atoms with van der Waals surface area (Å²) in [4.78, 5) is 19.9. The van der Waals surface area contributed by atoms with Crippen LogP contribution in [0, 0.1) is 13.8 Å². The Kier molecular flexibility index (Phi) is 4.00. The number of nitrogens with one attached hydrogen (secondary N) is 1. The highest BCUT2D eigenvalue weighted by Crippen LogP contribution is 2.35. The summed E-state index contributed by atoms with van der Waals surface area (Å²) in [6, 6.07) is 5.68. The molecule has 0 aliphatic heterocycles. The molecule has 0 radical (unpaired) electrons. The van der Waals surface area contributed by atoms with Gasteiger partial charge in [0.15, 0.2) is 5.43 Å². The summed E-state index contributed by atoms with van der Waals surface area (Å²) in [5, 5.41) is 1.32. The van der Waals surface area contributed by atoms with Gasteiger partial charge in [0, 0.05) is 29.0 Å². The molecule has 0 saturated carbocycles. The Balaban J connectivity index is 2.27. The van der Waals surface area contributed by atoms with Gasteiger partial charge in [0.05, 0.1) is 16.6 Å². The molecule has 1 aromatic carbocycles. The molecule has 0 spiro atoms. The minimum absolute atomic E-state index is 0.0283. The van der Waals surface area contributed by atoms with E-state index >= 15 is 0 Å². The molecule has 0 unspecified atom stereocenters. The standard InChI is InChI=1S/C20H21ClN2O/c1-11-6-15(20(3,4)5)16(21)7-13(11)17-8-18(24)14-10-22-9-12(2)19(14)23-17/h6-10H,1-5H3,(H,23,24). The van der Waals surface area contributed by atoms with Crippen LogP contribution in [0.4, 0.5) is 0 Å². The monoisotopic (exact) mass is 340 g/mol. The molecule has 124 valence electrons. The van der Waals surface area contributed by atoms with Crippen molar-refractivity contribution in [1.29, 1.82) is 0 Å². The third-order valence-electron chi connectivity index (χ3n) is 4.35. The van der Waals surface area contributed by atoms with Gasteiger partial charge in [-0.1, -0.05) is 38.4 Å². The maximum Gasteiger partial charge on any atom is 0.191 e. The fourth-order valence-electron chi connectivity index (χ4n) is 2.99. The fraction of sp³-hybridized carbons (Fsp3) is 0.300. The van der Waals surface area contributed by atoms with Crippen molar-refractivity contribution in [3.8, 4) is 11.3 Å². The number of nitrogens with zero attached hydrogens (tertiary/aromatic N) is 1. The van der Waals surface area contributed by atoms with Gasteiger partial charge >= 0.3 is 0 Å². The van der Waals surface area contributed by atoms with Gasteiger partial charge in [0.1, 0.15) is 0 Å². The van der Waals surface area contributed by atoms with Gasteiger partial charge in [-0.3, -0.25) is 9.78 Å². The molecule has 0 atom stereocenters. The van der Waals surface area contributed by atoms with Crippen molar-refractivity contribution >= 4 is 22.5 Å². The van der Waals surface area contributed by atoms with Gasteiger partial charge in [0.25, 0.3) is 0 Å². The first kappa shape index (κ1) is 16.7. The van der Waals surface area contributed by atoms with E-state index in [2.05, 4.69) is 36.8 Å². The van der Waals surface area contributed by atoms with Gasteiger partial charge < -0.3 is 4.98 Å². The van der Waals surface area contributed by atoms with Crippen LogP contribution >= 0.6 is 11.6 Å². The Hall–Kier alpha value is -2.13. The van der Waals surface area contributed by atoms with E-state index in [9.17, 15) is 4.79 Å². The zero-order valence-electron chi connectivity index (χ0n) is 14.6. The zero-order chi connectivity index (χ0) is 17.6. The molecule has 0 aliphatic rings. The molecule has 0 saturated heterocycles. The van der Waals surface area contributed by atoms with Crippen molar-refractivity contribution in [2.75, 3.05) is 0 Å². The normalized spacial score (nSPS) is 11.9. The van der Waals surface area contributed by atoms with Gasteiger partial charge in [0.2, 0.25) is 0 Å². The van der Waals surface area contributed by atoms with E-state index in [-0.39, 0.29) is 10.8 Å². The number of aromatic nitrogens is 2. The zero-order valence-corrected chi connectivity index (χ0v) is 15.4. The average Bonchev–Trinajstić information content (AvgIpc) is 2.49. The topological polar surface area (TPSA) is 45.8 Å². The molecular weight excluding hydrogens is 320 g/mol. The summed E-state index contributed by atoms with van der Waals surface area (Å²) < 4.78 is 0. The van der Waals surface area contributed by atoms with Gasteiger partial charge in [-0.05, 0) is 42.0 Å². The van der Waals surface area contributed by atoms with Crippen LogP contribution in [0.5, 0.6) is 0 Å². The van der Waals surface area contributed by atoms with E-state index in [0.29, 0.717) is 5.39 Å². The summed E-state index contributed by atoms with van der Waals surface area (Å²) in [7, 11) is 0. The minimum Gasteiger partial charge on any atom is -0.354 e. The van der Waals surface area contributed by atoms with E-state index in [4.69, 9.17) is 11.6 Å². The number of pyridine rings is 2. The van der Waals surface area contributed by atoms with Crippen molar-refractivity contribution in [1.82, 2.24) is 9.97 Å². The Labute approximate surface area is 146 Å². The summed E-state index contributed by atoms with van der Waals surface area (Å²) in [5.74, 6) is 0. The maximum absolute atomic E-state index is 12.5. The fourth-order valence-corrected chi connectivity index (χ4v) is 3.44. The van der Waals surface area contributed by atoms with E-state index in [1.54, 1.807) is 18.5 Å². The number of aromatic amines is 1. The summed E-state index contributed by atoms with van der Waals surface area (Å²) in [6.07, 6.45) is 3.36. The van der Waals surface area contributed by atoms with Crippen LogP contribution < -0.4 is 5.43 Å². The second kappa shape index (κ2) is 5.75. The van der Waals surface area contributed by atoms with Crippen LogP contribution in [0.15, 0.2) is 35.4 Å². The smallest absolute Gasteiger partial charge is 0.191 e. The van der Waals surface area contributed by atoms with Crippen LogP contribution in [0.3, 0.4) is 0 Å². The van der Waals surface area contributed by atoms with Crippen LogP contribution in [0.2, 0.25) is 5.02 Å². The number of H-pyrrole nitrogens is 1. The molecule has 3 rings (SSSR count). The lowest BCUT2D eigenvalue weighted by molar-refractivity contribution is 0.590. The molecule has 0 aliphatic carbocycles. The molecule has 2 aromatic heterocycles. The number of rotatable bonds is 1. The van der Waals surface area contributed by atoms with Gasteiger partial charge in [-0.2, -0.15) is 0 Å². The highest BCUT2D eigenvalue weighted by molar-refractivity contribution is 6.31. The molecule has 4 heteroatoms. The Bertz CT molecular complexity index is 997. The van der Waals surface area contributed by atoms with Crippen molar-refractivity contribution in [2.24, 2.45) is 0 Å². The molecule has 3 aromatic rings. The Morgan fingerprint density at radius 3 is 2.42 bits per heavy atom. The highest BCUT2D eigenvalue weighted by atomic mass is 35.5. The largest absolute Gasteiger partial charge is 0.354 e. The van der Waals surface area contributed by atoms with E-state index in [1.165, 1.54) is 0 Å². The predicted octanol–water partition coefficient (Wildman–Crippen LogP) is 5.16. The van der Waals surface area contributed by atoms with Gasteiger partial charge in [-0.25, -0.2) is 0 Å². The molecule has 0 bridgehead atoms. The predicted molar refractivity (Wildman–Crippen MR) is 101 cm³/mol. The van der Waals surface area contributed by atoms with Crippen molar-refractivity contribution < 1.29 is 0 Å². The molecule has 24 heavy (non-hydrogen) atoms. The summed E-state index contributed by atoms with van der Waals surface area (Å²) in [5.41, 5.74) is 5.62. The van der Waals surface area contributed by atoms with Crippen molar-refractivity contribution in [3.05, 3.63) is 62.5 Å². The molecule has 3 nitrogen and oxygen atoms in total. The van der Waals surface area contributed by atoms with E-state index < -0.39 is 0 Å². The van der Waals surface area contributed by atoms with Crippen LogP contribution in [-0.2, 0) is 5.41 Å². The number of benzene rings is 1. The third-order valence-corrected chi connectivity index (χ3v) is 4.66. The second-order valence-corrected chi connectivity index (χ2v) is 7.73. The summed E-state index contributed by atoms with van der Waals surface area (Å²) in [6.45, 7) is 10.4. The van der Waals surface area contributed by atoms with Crippen LogP contribution in [0.1, 0.15) is 37.5 Å². The third kappa shape index (κ3) is 2.84. The molecule has 2 heterocycles. The first-order valence-electron chi connectivity index (χ1n) is 7.97. The number of halogens is 1. The van der Waals surface area contributed by atoms with Gasteiger partial charge in [-0.15, -0.1) is 0 Å². The average molecular weight is 341 g/mol. The highest BCUT2D eigenvalue weighted by Gasteiger charge is 2.19. The van der Waals surface area contributed by atoms with E-state index in [1.807, 2.05) is 19.9 Å². The number of fused-ring (bicyclic) bond motifs is 1. The molecule has 0 fully saturated rings. The Morgan fingerprint density at radius 2 is 1.75 bits per heavy atom. The van der Waals surface area contributed by atoms with Crippen molar-refractivity contribution in [3.63, 3.8) is 0 Å².